The molecular weight excluding hydrogens is 421 g/mol. The lowest BCUT2D eigenvalue weighted by molar-refractivity contribution is 0.309. The smallest absolute Gasteiger partial charge is 0.223 e. The van der Waals surface area contributed by atoms with Crippen molar-refractivity contribution in [2.75, 3.05) is 13.1 Å². The van der Waals surface area contributed by atoms with Crippen LogP contribution in [0.5, 0.6) is 0 Å². The summed E-state index contributed by atoms with van der Waals surface area (Å²) in [6, 6.07) is 10.7. The third-order valence-corrected chi connectivity index (χ3v) is 8.33. The Balaban J connectivity index is 1.77. The largest absolute Gasteiger partial charge is 0.243 e. The highest BCUT2D eigenvalue weighted by Crippen LogP contribution is 2.29. The van der Waals surface area contributed by atoms with Gasteiger partial charge in [0.15, 0.2) is 9.84 Å². The SMILES string of the molecule is O=S(=O)(c1ccc(F)cc1)C1CN(S(=O)(=O)c2ccc(Br)cc2)C1. The van der Waals surface area contributed by atoms with E-state index in [9.17, 15) is 21.2 Å². The van der Waals surface area contributed by atoms with Gasteiger partial charge in [0.1, 0.15) is 5.82 Å². The Kier molecular flexibility index (Phi) is 4.54. The lowest BCUT2D eigenvalue weighted by Crippen LogP contribution is -2.56. The quantitative estimate of drug-likeness (QED) is 0.694. The molecule has 0 saturated carbocycles. The fourth-order valence-electron chi connectivity index (χ4n) is 2.37. The summed E-state index contributed by atoms with van der Waals surface area (Å²) in [6.07, 6.45) is 0. The fraction of sp³-hybridized carbons (Fsp3) is 0.200. The van der Waals surface area contributed by atoms with Crippen molar-refractivity contribution in [3.05, 3.63) is 58.8 Å². The van der Waals surface area contributed by atoms with Crippen LogP contribution < -0.4 is 0 Å². The predicted octanol–water partition coefficient (Wildman–Crippen LogP) is 2.44. The van der Waals surface area contributed by atoms with Crippen molar-refractivity contribution in [1.82, 2.24) is 4.31 Å². The van der Waals surface area contributed by atoms with Crippen molar-refractivity contribution >= 4 is 35.8 Å². The van der Waals surface area contributed by atoms with Crippen molar-refractivity contribution < 1.29 is 21.2 Å². The van der Waals surface area contributed by atoms with Gasteiger partial charge in [0.25, 0.3) is 0 Å². The summed E-state index contributed by atoms with van der Waals surface area (Å²) in [5.41, 5.74) is 0. The number of benzene rings is 2. The Morgan fingerprint density at radius 1 is 0.875 bits per heavy atom. The van der Waals surface area contributed by atoms with Crippen LogP contribution in [0.25, 0.3) is 0 Å². The van der Waals surface area contributed by atoms with Crippen LogP contribution in [0, 0.1) is 5.82 Å². The van der Waals surface area contributed by atoms with Gasteiger partial charge in [0, 0.05) is 17.6 Å². The Bertz CT molecular complexity index is 872. The summed E-state index contributed by atoms with van der Waals surface area (Å²) in [5.74, 6) is -0.526. The number of nitrogens with zero attached hydrogens (tertiary/aromatic N) is 1. The van der Waals surface area contributed by atoms with Gasteiger partial charge in [-0.3, -0.25) is 0 Å². The summed E-state index contributed by atoms with van der Waals surface area (Å²) in [6.45, 7) is -0.226. The van der Waals surface area contributed by atoms with Gasteiger partial charge >= 0.3 is 0 Å². The Morgan fingerprint density at radius 2 is 1.38 bits per heavy atom. The van der Waals surface area contributed by atoms with Gasteiger partial charge in [0.05, 0.1) is 15.0 Å². The standard InChI is InChI=1S/C15H13BrFNO4S2/c16-11-1-5-14(6-2-11)24(21,22)18-9-15(10-18)23(19,20)13-7-3-12(17)4-8-13/h1-8,15H,9-10H2. The highest BCUT2D eigenvalue weighted by atomic mass is 79.9. The second-order valence-electron chi connectivity index (χ2n) is 5.40. The Morgan fingerprint density at radius 3 is 1.92 bits per heavy atom. The van der Waals surface area contributed by atoms with Gasteiger partial charge < -0.3 is 0 Å². The van der Waals surface area contributed by atoms with Crippen LogP contribution in [0.4, 0.5) is 4.39 Å². The summed E-state index contributed by atoms with van der Waals surface area (Å²) >= 11 is 3.23. The van der Waals surface area contributed by atoms with Crippen LogP contribution in [0.1, 0.15) is 0 Å². The van der Waals surface area contributed by atoms with E-state index in [1.165, 1.54) is 24.3 Å². The molecule has 1 heterocycles. The number of sulfone groups is 1. The van der Waals surface area contributed by atoms with Gasteiger partial charge in [-0.2, -0.15) is 4.31 Å². The van der Waals surface area contributed by atoms with E-state index < -0.39 is 30.9 Å². The van der Waals surface area contributed by atoms with Gasteiger partial charge in [-0.15, -0.1) is 0 Å². The number of hydrogen-bond donors (Lipinski definition) is 0. The molecule has 1 aliphatic rings. The lowest BCUT2D eigenvalue weighted by Gasteiger charge is -2.37. The van der Waals surface area contributed by atoms with Gasteiger partial charge in [-0.1, -0.05) is 15.9 Å². The monoisotopic (exact) mass is 433 g/mol. The first-order chi connectivity index (χ1) is 11.2. The molecule has 128 valence electrons. The van der Waals surface area contributed by atoms with Crippen molar-refractivity contribution in [2.24, 2.45) is 0 Å². The average Bonchev–Trinajstić information content (AvgIpc) is 2.46. The molecule has 1 aliphatic heterocycles. The predicted molar refractivity (Wildman–Crippen MR) is 90.3 cm³/mol. The zero-order valence-electron chi connectivity index (χ0n) is 12.3. The molecule has 1 saturated heterocycles. The first-order valence-electron chi connectivity index (χ1n) is 6.96. The Hall–Kier alpha value is -1.29. The van der Waals surface area contributed by atoms with Crippen molar-refractivity contribution in [3.63, 3.8) is 0 Å². The van der Waals surface area contributed by atoms with E-state index >= 15 is 0 Å². The highest BCUT2D eigenvalue weighted by Gasteiger charge is 2.44. The number of sulfonamides is 1. The number of rotatable bonds is 4. The molecule has 0 aromatic heterocycles. The van der Waals surface area contributed by atoms with E-state index in [0.717, 1.165) is 20.9 Å². The molecule has 0 aliphatic carbocycles. The van der Waals surface area contributed by atoms with Crippen LogP contribution in [0.3, 0.4) is 0 Å². The van der Waals surface area contributed by atoms with Crippen LogP contribution in [-0.4, -0.2) is 39.5 Å². The van der Waals surface area contributed by atoms with Gasteiger partial charge in [0.2, 0.25) is 10.0 Å². The van der Waals surface area contributed by atoms with Gasteiger partial charge in [-0.05, 0) is 48.5 Å². The molecular formula is C15H13BrFNO4S2. The molecule has 2 aromatic carbocycles. The van der Waals surface area contributed by atoms with Gasteiger partial charge in [-0.25, -0.2) is 21.2 Å². The second-order valence-corrected chi connectivity index (χ2v) is 10.5. The molecule has 0 radical (unpaired) electrons. The minimum atomic E-state index is -3.71. The molecule has 1 fully saturated rings. The number of hydrogen-bond acceptors (Lipinski definition) is 4. The highest BCUT2D eigenvalue weighted by molar-refractivity contribution is 9.10. The maximum absolute atomic E-state index is 12.9. The molecule has 2 aromatic rings. The van der Waals surface area contributed by atoms with Crippen LogP contribution in [-0.2, 0) is 19.9 Å². The van der Waals surface area contributed by atoms with Crippen LogP contribution in [0.2, 0.25) is 0 Å². The van der Waals surface area contributed by atoms with E-state index in [0.29, 0.717) is 0 Å². The van der Waals surface area contributed by atoms with E-state index in [4.69, 9.17) is 0 Å². The minimum Gasteiger partial charge on any atom is -0.223 e. The van der Waals surface area contributed by atoms with E-state index in [2.05, 4.69) is 15.9 Å². The lowest BCUT2D eigenvalue weighted by atomic mass is 10.3. The van der Waals surface area contributed by atoms with Crippen LogP contribution >= 0.6 is 15.9 Å². The first-order valence-corrected chi connectivity index (χ1v) is 10.7. The Labute approximate surface area is 148 Å². The van der Waals surface area contributed by atoms with Crippen molar-refractivity contribution in [3.8, 4) is 0 Å². The van der Waals surface area contributed by atoms with E-state index in [1.807, 2.05) is 0 Å². The zero-order chi connectivity index (χ0) is 17.5. The molecule has 5 nitrogen and oxygen atoms in total. The summed E-state index contributed by atoms with van der Waals surface area (Å²) in [7, 11) is -7.39. The third kappa shape index (κ3) is 3.13. The van der Waals surface area contributed by atoms with Crippen molar-refractivity contribution in [2.45, 2.75) is 15.0 Å². The fourth-order valence-corrected chi connectivity index (χ4v) is 6.00. The maximum Gasteiger partial charge on any atom is 0.243 e. The van der Waals surface area contributed by atoms with Crippen molar-refractivity contribution in [1.29, 1.82) is 0 Å². The first kappa shape index (κ1) is 17.5. The number of halogens is 2. The topological polar surface area (TPSA) is 71.5 Å². The average molecular weight is 434 g/mol. The van der Waals surface area contributed by atoms with E-state index in [-0.39, 0.29) is 22.9 Å². The molecule has 24 heavy (non-hydrogen) atoms. The molecule has 9 heteroatoms. The molecule has 3 rings (SSSR count). The second kappa shape index (κ2) is 6.21. The maximum atomic E-state index is 12.9. The summed E-state index contributed by atoms with van der Waals surface area (Å²) in [4.78, 5) is 0.109. The molecule has 0 N–H and O–H groups in total. The van der Waals surface area contributed by atoms with Crippen LogP contribution in [0.15, 0.2) is 62.8 Å². The third-order valence-electron chi connectivity index (χ3n) is 3.85. The summed E-state index contributed by atoms with van der Waals surface area (Å²) < 4.78 is 64.5. The summed E-state index contributed by atoms with van der Waals surface area (Å²) in [5, 5.41) is -0.826. The molecule has 0 spiro atoms. The minimum absolute atomic E-state index is 0.00501. The van der Waals surface area contributed by atoms with E-state index in [1.54, 1.807) is 12.1 Å². The molecule has 0 atom stereocenters. The normalized spacial score (nSPS) is 16.8. The molecule has 0 unspecified atom stereocenters. The zero-order valence-corrected chi connectivity index (χ0v) is 15.5. The molecule has 0 bridgehead atoms. The molecule has 0 amide bonds.